The van der Waals surface area contributed by atoms with Gasteiger partial charge in [0.05, 0.1) is 12.9 Å². The first-order valence-corrected chi connectivity index (χ1v) is 3.99. The minimum atomic E-state index is -0.737. The second-order valence-corrected chi connectivity index (χ2v) is 4.03. The van der Waals surface area contributed by atoms with E-state index in [9.17, 15) is 0 Å². The van der Waals surface area contributed by atoms with Gasteiger partial charge < -0.3 is 15.8 Å². The molecule has 0 aromatic carbocycles. The van der Waals surface area contributed by atoms with Gasteiger partial charge in [-0.3, -0.25) is 0 Å². The Kier molecular flexibility index (Phi) is 2.64. The molecule has 0 saturated carbocycles. The van der Waals surface area contributed by atoms with E-state index in [-0.39, 0.29) is 6.61 Å². The molecule has 0 amide bonds. The molecule has 4 nitrogen and oxygen atoms in total. The second-order valence-electron chi connectivity index (χ2n) is 2.45. The number of aromatic amines is 1. The molecule has 0 bridgehead atoms. The Morgan fingerprint density at radius 1 is 1.82 bits per heavy atom. The Balaban J connectivity index is 2.56. The highest BCUT2D eigenvalue weighted by atomic mass is 79.9. The van der Waals surface area contributed by atoms with E-state index in [4.69, 9.17) is 10.8 Å². The minimum absolute atomic E-state index is 0.105. The number of nitrogens with one attached hydrogen (secondary N) is 1. The van der Waals surface area contributed by atoms with E-state index in [1.807, 2.05) is 0 Å². The Morgan fingerprint density at radius 3 is 3.00 bits per heavy atom. The summed E-state index contributed by atoms with van der Waals surface area (Å²) in [5.74, 6) is 0. The largest absolute Gasteiger partial charge is 0.394 e. The minimum Gasteiger partial charge on any atom is -0.394 e. The van der Waals surface area contributed by atoms with Gasteiger partial charge in [-0.1, -0.05) is 15.9 Å². The number of hydrogen-bond donors (Lipinski definition) is 3. The van der Waals surface area contributed by atoms with Gasteiger partial charge in [0, 0.05) is 18.3 Å². The monoisotopic (exact) mass is 219 g/mol. The van der Waals surface area contributed by atoms with Crippen molar-refractivity contribution in [2.75, 3.05) is 6.61 Å². The quantitative estimate of drug-likeness (QED) is 0.495. The highest BCUT2D eigenvalue weighted by Crippen LogP contribution is 2.14. The lowest BCUT2D eigenvalue weighted by Gasteiger charge is -2.17. The van der Waals surface area contributed by atoms with Gasteiger partial charge in [-0.25, -0.2) is 4.98 Å². The number of aromatic nitrogens is 2. The zero-order valence-corrected chi connectivity index (χ0v) is 7.50. The first-order valence-electron chi connectivity index (χ1n) is 3.20. The third kappa shape index (κ3) is 2.61. The lowest BCUT2D eigenvalue weighted by molar-refractivity contribution is 0.252. The zero-order valence-electron chi connectivity index (χ0n) is 5.92. The summed E-state index contributed by atoms with van der Waals surface area (Å²) in [4.78, 5) is 6.72. The average Bonchev–Trinajstić information content (AvgIpc) is 2.39. The van der Waals surface area contributed by atoms with Crippen LogP contribution in [-0.4, -0.2) is 26.1 Å². The van der Waals surface area contributed by atoms with Gasteiger partial charge in [0.2, 0.25) is 0 Å². The lowest BCUT2D eigenvalue weighted by Crippen LogP contribution is -2.39. The second kappa shape index (κ2) is 3.34. The molecule has 0 radical (unpaired) electrons. The van der Waals surface area contributed by atoms with Gasteiger partial charge in [0.15, 0.2) is 0 Å². The van der Waals surface area contributed by atoms with Crippen molar-refractivity contribution < 1.29 is 5.11 Å². The molecule has 1 atom stereocenters. The maximum atomic E-state index is 8.79. The molecule has 4 N–H and O–H groups in total. The van der Waals surface area contributed by atoms with E-state index >= 15 is 0 Å². The Morgan fingerprint density at radius 2 is 2.55 bits per heavy atom. The van der Waals surface area contributed by atoms with Crippen molar-refractivity contribution in [1.82, 2.24) is 9.97 Å². The van der Waals surface area contributed by atoms with Crippen molar-refractivity contribution in [3.8, 4) is 0 Å². The molecule has 1 aromatic rings. The molecule has 0 saturated heterocycles. The van der Waals surface area contributed by atoms with Crippen molar-refractivity contribution in [1.29, 1.82) is 0 Å². The summed E-state index contributed by atoms with van der Waals surface area (Å²) in [7, 11) is 0. The number of alkyl halides is 1. The number of H-pyrrole nitrogens is 1. The molecule has 5 heteroatoms. The van der Waals surface area contributed by atoms with Crippen LogP contribution in [0, 0.1) is 0 Å². The molecule has 0 fully saturated rings. The van der Waals surface area contributed by atoms with E-state index < -0.39 is 4.45 Å². The number of nitrogens with zero attached hydrogens (tertiary/aromatic N) is 1. The molecular formula is C6H10BrN3O. The van der Waals surface area contributed by atoms with Gasteiger partial charge in [0.1, 0.15) is 4.45 Å². The van der Waals surface area contributed by atoms with E-state index in [1.54, 1.807) is 12.5 Å². The predicted molar refractivity (Wildman–Crippen MR) is 45.2 cm³/mol. The SMILES string of the molecule is N[C@](Br)(CO)Cc1cnc[nH]1. The fraction of sp³-hybridized carbons (Fsp3) is 0.500. The van der Waals surface area contributed by atoms with Gasteiger partial charge in [-0.15, -0.1) is 0 Å². The number of aliphatic hydroxyl groups is 1. The van der Waals surface area contributed by atoms with Crippen LogP contribution in [-0.2, 0) is 6.42 Å². The maximum absolute atomic E-state index is 8.79. The maximum Gasteiger partial charge on any atom is 0.101 e. The molecule has 0 aliphatic rings. The number of imidazole rings is 1. The number of nitrogens with two attached hydrogens (primary N) is 1. The van der Waals surface area contributed by atoms with Crippen LogP contribution in [0.15, 0.2) is 12.5 Å². The predicted octanol–water partition coefficient (Wildman–Crippen LogP) is -0.00560. The molecule has 62 valence electrons. The van der Waals surface area contributed by atoms with Crippen LogP contribution in [0.4, 0.5) is 0 Å². The van der Waals surface area contributed by atoms with Crippen LogP contribution in [0.25, 0.3) is 0 Å². The summed E-state index contributed by atoms with van der Waals surface area (Å²) < 4.78 is -0.737. The number of rotatable bonds is 3. The summed E-state index contributed by atoms with van der Waals surface area (Å²) in [5.41, 5.74) is 6.53. The van der Waals surface area contributed by atoms with Gasteiger partial charge >= 0.3 is 0 Å². The molecule has 0 spiro atoms. The van der Waals surface area contributed by atoms with Gasteiger partial charge in [-0.05, 0) is 0 Å². The highest BCUT2D eigenvalue weighted by molar-refractivity contribution is 9.10. The average molecular weight is 220 g/mol. The van der Waals surface area contributed by atoms with Crippen LogP contribution >= 0.6 is 15.9 Å². The lowest BCUT2D eigenvalue weighted by atomic mass is 10.2. The molecule has 11 heavy (non-hydrogen) atoms. The fourth-order valence-corrected chi connectivity index (χ4v) is 1.06. The summed E-state index contributed by atoms with van der Waals surface area (Å²) in [6.45, 7) is -0.105. The highest BCUT2D eigenvalue weighted by Gasteiger charge is 2.20. The molecule has 1 heterocycles. The molecule has 1 aromatic heterocycles. The summed E-state index contributed by atoms with van der Waals surface area (Å²) >= 11 is 3.18. The normalized spacial score (nSPS) is 16.3. The van der Waals surface area contributed by atoms with Gasteiger partial charge in [-0.2, -0.15) is 0 Å². The van der Waals surface area contributed by atoms with Crippen LogP contribution in [0.3, 0.4) is 0 Å². The van der Waals surface area contributed by atoms with E-state index in [1.165, 1.54) is 0 Å². The van der Waals surface area contributed by atoms with Crippen molar-refractivity contribution in [2.45, 2.75) is 10.9 Å². The fourth-order valence-electron chi connectivity index (χ4n) is 0.754. The number of halogens is 1. The van der Waals surface area contributed by atoms with Crippen molar-refractivity contribution >= 4 is 15.9 Å². The van der Waals surface area contributed by atoms with Crippen LogP contribution in [0.5, 0.6) is 0 Å². The third-order valence-electron chi connectivity index (χ3n) is 1.30. The first kappa shape index (κ1) is 8.70. The smallest absolute Gasteiger partial charge is 0.101 e. The van der Waals surface area contributed by atoms with Crippen LogP contribution in [0.1, 0.15) is 5.69 Å². The molecule has 0 aliphatic heterocycles. The van der Waals surface area contributed by atoms with Crippen LogP contribution < -0.4 is 5.73 Å². The van der Waals surface area contributed by atoms with E-state index in [0.717, 1.165) is 5.69 Å². The Labute approximate surface area is 73.0 Å². The molecule has 1 rings (SSSR count). The third-order valence-corrected chi connectivity index (χ3v) is 1.83. The summed E-state index contributed by atoms with van der Waals surface area (Å²) in [6.07, 6.45) is 3.79. The number of aliphatic hydroxyl groups excluding tert-OH is 1. The summed E-state index contributed by atoms with van der Waals surface area (Å²) in [5, 5.41) is 8.79. The topological polar surface area (TPSA) is 74.9 Å². The molecular weight excluding hydrogens is 210 g/mol. The molecule has 0 aliphatic carbocycles. The Bertz CT molecular complexity index is 210. The Hall–Kier alpha value is -0.390. The van der Waals surface area contributed by atoms with Crippen molar-refractivity contribution in [3.05, 3.63) is 18.2 Å². The standard InChI is InChI=1S/C6H10BrN3O/c7-6(8,3-11)1-5-2-9-4-10-5/h2,4,11H,1,3,8H2,(H,9,10)/t6-/m0/s1. The first-order chi connectivity index (χ1) is 5.14. The van der Waals surface area contributed by atoms with E-state index in [2.05, 4.69) is 25.9 Å². The van der Waals surface area contributed by atoms with Gasteiger partial charge in [0.25, 0.3) is 0 Å². The van der Waals surface area contributed by atoms with Crippen molar-refractivity contribution in [3.63, 3.8) is 0 Å². The van der Waals surface area contributed by atoms with Crippen molar-refractivity contribution in [2.24, 2.45) is 5.73 Å². The van der Waals surface area contributed by atoms with Crippen LogP contribution in [0.2, 0.25) is 0 Å². The summed E-state index contributed by atoms with van der Waals surface area (Å²) in [6, 6.07) is 0. The number of hydrogen-bond acceptors (Lipinski definition) is 3. The zero-order chi connectivity index (χ0) is 8.32. The molecule has 0 unspecified atom stereocenters. The van der Waals surface area contributed by atoms with E-state index in [0.29, 0.717) is 6.42 Å².